The Balaban J connectivity index is 1.26. The zero-order valence-electron chi connectivity index (χ0n) is 15.2. The van der Waals surface area contributed by atoms with Crippen molar-refractivity contribution in [3.8, 4) is 0 Å². The Bertz CT molecular complexity index is 1100. The summed E-state index contributed by atoms with van der Waals surface area (Å²) in [7, 11) is 0. The smallest absolute Gasteiger partial charge is 0.233 e. The lowest BCUT2D eigenvalue weighted by molar-refractivity contribution is -0.129. The summed E-state index contributed by atoms with van der Waals surface area (Å²) < 4.78 is 4.15. The molecule has 1 saturated heterocycles. The van der Waals surface area contributed by atoms with Crippen LogP contribution >= 0.6 is 23.1 Å². The van der Waals surface area contributed by atoms with E-state index >= 15 is 0 Å². The number of hydrogen-bond donors (Lipinski definition) is 0. The van der Waals surface area contributed by atoms with Crippen LogP contribution in [0.15, 0.2) is 53.0 Å². The van der Waals surface area contributed by atoms with Crippen LogP contribution in [0.5, 0.6) is 0 Å². The zero-order chi connectivity index (χ0) is 18.9. The third kappa shape index (κ3) is 3.38. The van der Waals surface area contributed by atoms with Crippen LogP contribution < -0.4 is 0 Å². The van der Waals surface area contributed by atoms with Crippen LogP contribution in [0.2, 0.25) is 0 Å². The number of fused-ring (bicyclic) bond motifs is 2. The summed E-state index contributed by atoms with van der Waals surface area (Å²) in [5.41, 5.74) is 1.85. The quantitative estimate of drug-likeness (QED) is 0.479. The van der Waals surface area contributed by atoms with Crippen molar-refractivity contribution >= 4 is 44.9 Å². The first-order valence-corrected chi connectivity index (χ1v) is 11.1. The molecule has 1 atom stereocenters. The van der Waals surface area contributed by atoms with E-state index in [0.29, 0.717) is 12.3 Å². The third-order valence-electron chi connectivity index (χ3n) is 5.07. The number of pyridine rings is 1. The van der Waals surface area contributed by atoms with Gasteiger partial charge in [0.05, 0.1) is 16.0 Å². The number of rotatable bonds is 4. The fraction of sp³-hybridized carbons (Fsp3) is 0.300. The zero-order valence-corrected chi connectivity index (χ0v) is 16.8. The number of para-hydroxylation sites is 1. The number of benzene rings is 1. The first-order valence-electron chi connectivity index (χ1n) is 9.34. The Morgan fingerprint density at radius 2 is 2.07 bits per heavy atom. The number of hydrogen-bond acceptors (Lipinski definition) is 6. The molecule has 0 spiro atoms. The molecule has 6 nitrogen and oxygen atoms in total. The van der Waals surface area contributed by atoms with E-state index in [1.165, 1.54) is 11.8 Å². The van der Waals surface area contributed by atoms with E-state index in [4.69, 9.17) is 0 Å². The summed E-state index contributed by atoms with van der Waals surface area (Å²) in [6.07, 6.45) is 4.02. The van der Waals surface area contributed by atoms with Crippen LogP contribution in [0, 0.1) is 0 Å². The van der Waals surface area contributed by atoms with Gasteiger partial charge in [-0.05, 0) is 37.1 Å². The van der Waals surface area contributed by atoms with Crippen LogP contribution in [0.3, 0.4) is 0 Å². The van der Waals surface area contributed by atoms with Crippen LogP contribution in [0.4, 0.5) is 0 Å². The molecule has 1 aromatic carbocycles. The second-order valence-corrected chi connectivity index (χ2v) is 9.16. The molecule has 4 heterocycles. The fourth-order valence-corrected chi connectivity index (χ4v) is 5.65. The van der Waals surface area contributed by atoms with Gasteiger partial charge in [0, 0.05) is 25.2 Å². The molecule has 142 valence electrons. The summed E-state index contributed by atoms with van der Waals surface area (Å²) in [5.74, 6) is 1.77. The van der Waals surface area contributed by atoms with E-state index in [0.717, 1.165) is 45.4 Å². The molecule has 0 bridgehead atoms. The lowest BCUT2D eigenvalue weighted by atomic mass is 9.97. The highest BCUT2D eigenvalue weighted by atomic mass is 32.2. The standard InChI is InChI=1S/C20H19N5OS2/c26-18(13-27-20-21-15-7-1-2-8-16(15)28-20)24-10-5-6-14(12-24)19-23-22-17-9-3-4-11-25(17)19/h1-4,7-9,11,14H,5-6,10,12-13H2/t14-/m1/s1. The van der Waals surface area contributed by atoms with Crippen molar-refractivity contribution in [3.05, 3.63) is 54.5 Å². The molecular formula is C20H19N5OS2. The van der Waals surface area contributed by atoms with Gasteiger partial charge in [0.25, 0.3) is 0 Å². The van der Waals surface area contributed by atoms with E-state index in [9.17, 15) is 4.79 Å². The van der Waals surface area contributed by atoms with Gasteiger partial charge < -0.3 is 4.90 Å². The predicted octanol–water partition coefficient (Wildman–Crippen LogP) is 3.84. The molecule has 0 radical (unpaired) electrons. The highest BCUT2D eigenvalue weighted by Crippen LogP contribution is 2.30. The first kappa shape index (κ1) is 17.6. The topological polar surface area (TPSA) is 63.4 Å². The first-order chi connectivity index (χ1) is 13.8. The average Bonchev–Trinajstić information content (AvgIpc) is 3.36. The SMILES string of the molecule is O=C(CSc1nc2ccccc2s1)N1CCC[C@@H](c2nnc3ccccn23)C1. The third-order valence-corrected chi connectivity index (χ3v) is 7.24. The number of piperidine rings is 1. The lowest BCUT2D eigenvalue weighted by Crippen LogP contribution is -2.40. The Kier molecular flexibility index (Phi) is 4.74. The molecule has 1 aliphatic rings. The van der Waals surface area contributed by atoms with Gasteiger partial charge in [-0.1, -0.05) is 30.0 Å². The van der Waals surface area contributed by atoms with Crippen LogP contribution in [-0.2, 0) is 4.79 Å². The fourth-order valence-electron chi connectivity index (χ4n) is 3.68. The minimum Gasteiger partial charge on any atom is -0.341 e. The number of likely N-dealkylation sites (tertiary alicyclic amines) is 1. The van der Waals surface area contributed by atoms with Crippen LogP contribution in [-0.4, -0.2) is 49.2 Å². The molecule has 8 heteroatoms. The largest absolute Gasteiger partial charge is 0.341 e. The van der Waals surface area contributed by atoms with E-state index < -0.39 is 0 Å². The number of nitrogens with zero attached hydrogens (tertiary/aromatic N) is 5. The van der Waals surface area contributed by atoms with Crippen molar-refractivity contribution < 1.29 is 4.79 Å². The number of carbonyl (C=O) groups is 1. The molecule has 0 saturated carbocycles. The number of aromatic nitrogens is 4. The van der Waals surface area contributed by atoms with Gasteiger partial charge >= 0.3 is 0 Å². The number of thioether (sulfide) groups is 1. The number of carbonyl (C=O) groups excluding carboxylic acids is 1. The summed E-state index contributed by atoms with van der Waals surface area (Å²) in [6, 6.07) is 14.0. The average molecular weight is 410 g/mol. The Hall–Kier alpha value is -2.45. The molecule has 1 amide bonds. The van der Waals surface area contributed by atoms with Crippen molar-refractivity contribution in [1.29, 1.82) is 0 Å². The van der Waals surface area contributed by atoms with E-state index in [2.05, 4.69) is 21.2 Å². The van der Waals surface area contributed by atoms with Crippen LogP contribution in [0.25, 0.3) is 15.9 Å². The van der Waals surface area contributed by atoms with Gasteiger partial charge in [-0.25, -0.2) is 4.98 Å². The number of thiazole rings is 1. The monoisotopic (exact) mass is 409 g/mol. The highest BCUT2D eigenvalue weighted by molar-refractivity contribution is 8.01. The van der Waals surface area contributed by atoms with Gasteiger partial charge in [0.15, 0.2) is 9.99 Å². The second-order valence-electron chi connectivity index (χ2n) is 6.90. The van der Waals surface area contributed by atoms with Crippen molar-refractivity contribution in [1.82, 2.24) is 24.5 Å². The minimum atomic E-state index is 0.169. The summed E-state index contributed by atoms with van der Waals surface area (Å²) in [4.78, 5) is 19.4. The molecule has 1 fully saturated rings. The van der Waals surface area contributed by atoms with Crippen molar-refractivity contribution in [2.24, 2.45) is 0 Å². The van der Waals surface area contributed by atoms with Gasteiger partial charge in [-0.2, -0.15) is 0 Å². The summed E-state index contributed by atoms with van der Waals surface area (Å²) in [5, 5.41) is 8.65. The maximum absolute atomic E-state index is 12.8. The van der Waals surface area contributed by atoms with Gasteiger partial charge in [0.2, 0.25) is 5.91 Å². The molecule has 3 aromatic heterocycles. The Morgan fingerprint density at radius 1 is 1.18 bits per heavy atom. The van der Waals surface area contributed by atoms with Gasteiger partial charge in [-0.15, -0.1) is 21.5 Å². The van der Waals surface area contributed by atoms with E-state index in [1.807, 2.05) is 51.9 Å². The van der Waals surface area contributed by atoms with Gasteiger partial charge in [0.1, 0.15) is 5.82 Å². The molecule has 5 rings (SSSR count). The molecular weight excluding hydrogens is 390 g/mol. The van der Waals surface area contributed by atoms with Crippen molar-refractivity contribution in [2.45, 2.75) is 23.1 Å². The van der Waals surface area contributed by atoms with Crippen molar-refractivity contribution in [3.63, 3.8) is 0 Å². The predicted molar refractivity (Wildman–Crippen MR) is 112 cm³/mol. The normalized spacial score (nSPS) is 17.4. The molecule has 0 N–H and O–H groups in total. The second kappa shape index (κ2) is 7.52. The van der Waals surface area contributed by atoms with Gasteiger partial charge in [-0.3, -0.25) is 9.20 Å². The maximum Gasteiger partial charge on any atom is 0.233 e. The Morgan fingerprint density at radius 3 is 3.00 bits per heavy atom. The summed E-state index contributed by atoms with van der Waals surface area (Å²) in [6.45, 7) is 1.52. The molecule has 1 aliphatic heterocycles. The molecule has 28 heavy (non-hydrogen) atoms. The van der Waals surface area contributed by atoms with Crippen LogP contribution in [0.1, 0.15) is 24.6 Å². The molecule has 4 aromatic rings. The lowest BCUT2D eigenvalue weighted by Gasteiger charge is -2.31. The summed E-state index contributed by atoms with van der Waals surface area (Å²) >= 11 is 3.18. The van der Waals surface area contributed by atoms with E-state index in [-0.39, 0.29) is 11.8 Å². The molecule has 0 aliphatic carbocycles. The Labute approximate surface area is 170 Å². The minimum absolute atomic E-state index is 0.169. The van der Waals surface area contributed by atoms with Crippen molar-refractivity contribution in [2.75, 3.05) is 18.8 Å². The molecule has 0 unspecified atom stereocenters. The highest BCUT2D eigenvalue weighted by Gasteiger charge is 2.28. The van der Waals surface area contributed by atoms with E-state index in [1.54, 1.807) is 11.3 Å². The maximum atomic E-state index is 12.8. The number of amides is 1.